The molecule has 1 aliphatic heterocycles. The van der Waals surface area contributed by atoms with E-state index in [4.69, 9.17) is 1.37 Å². The van der Waals surface area contributed by atoms with Crippen LogP contribution in [-0.4, -0.2) is 17.0 Å². The van der Waals surface area contributed by atoms with Crippen LogP contribution in [-0.2, 0) is 0 Å². The van der Waals surface area contributed by atoms with Gasteiger partial charge in [-0.1, -0.05) is 30.3 Å². The minimum Gasteiger partial charge on any atom is -0.288 e. The van der Waals surface area contributed by atoms with E-state index in [1.165, 1.54) is 5.56 Å². The Labute approximate surface area is 81.8 Å². The number of rotatable bonds is 1. The first-order valence-electron chi connectivity index (χ1n) is 5.35. The van der Waals surface area contributed by atoms with E-state index in [2.05, 4.69) is 37.8 Å². The van der Waals surface area contributed by atoms with Crippen LogP contribution in [0.15, 0.2) is 30.3 Å². The van der Waals surface area contributed by atoms with Gasteiger partial charge in [0.15, 0.2) is 0 Å². The van der Waals surface area contributed by atoms with Crippen LogP contribution in [0.25, 0.3) is 0 Å². The molecule has 1 nitrogen and oxygen atoms in total. The molecule has 70 valence electrons. The van der Waals surface area contributed by atoms with E-state index in [1.54, 1.807) is 0 Å². The van der Waals surface area contributed by atoms with Crippen molar-refractivity contribution in [3.05, 3.63) is 35.9 Å². The molecule has 1 aliphatic rings. The Morgan fingerprint density at radius 1 is 1.31 bits per heavy atom. The van der Waals surface area contributed by atoms with Crippen molar-refractivity contribution in [3.8, 4) is 0 Å². The molecule has 0 saturated carbocycles. The lowest BCUT2D eigenvalue weighted by molar-refractivity contribution is 0.287. The Morgan fingerprint density at radius 2 is 1.92 bits per heavy atom. The zero-order valence-corrected chi connectivity index (χ0v) is 8.49. The predicted molar refractivity (Wildman–Crippen MR) is 55.6 cm³/mol. The number of benzene rings is 1. The van der Waals surface area contributed by atoms with Gasteiger partial charge in [0, 0.05) is 19.5 Å². The molecule has 0 radical (unpaired) electrons. The Morgan fingerprint density at radius 3 is 2.38 bits per heavy atom. The van der Waals surface area contributed by atoms with Crippen LogP contribution < -0.4 is 0 Å². The van der Waals surface area contributed by atoms with E-state index in [9.17, 15) is 0 Å². The quantitative estimate of drug-likeness (QED) is 0.595. The summed E-state index contributed by atoms with van der Waals surface area (Å²) in [5.74, 6) is 0. The molecule has 0 bridgehead atoms. The summed E-state index contributed by atoms with van der Waals surface area (Å²) >= 11 is 0. The third kappa shape index (κ3) is 1.75. The van der Waals surface area contributed by atoms with Gasteiger partial charge in [-0.3, -0.25) is 4.90 Å². The van der Waals surface area contributed by atoms with E-state index in [0.29, 0.717) is 6.04 Å². The molecule has 1 fully saturated rings. The maximum atomic E-state index is 7.93. The summed E-state index contributed by atoms with van der Waals surface area (Å²) in [5, 5.41) is 0. The van der Waals surface area contributed by atoms with Gasteiger partial charge in [-0.25, -0.2) is 0 Å². The molecule has 1 heterocycles. The lowest BCUT2D eigenvalue weighted by Gasteiger charge is -2.21. The van der Waals surface area contributed by atoms with Crippen molar-refractivity contribution >= 4 is 0 Å². The Kier molecular flexibility index (Phi) is 1.66. The molecule has 0 aromatic heterocycles. The summed E-state index contributed by atoms with van der Waals surface area (Å²) in [6, 6.07) is 10.6. The van der Waals surface area contributed by atoms with Crippen LogP contribution in [0.5, 0.6) is 0 Å². The molecule has 1 unspecified atom stereocenters. The van der Waals surface area contributed by atoms with Crippen molar-refractivity contribution < 1.29 is 1.37 Å². The van der Waals surface area contributed by atoms with Gasteiger partial charge in [-0.05, 0) is 26.3 Å². The molecule has 0 amide bonds. The van der Waals surface area contributed by atoms with Crippen molar-refractivity contribution in [2.24, 2.45) is 0 Å². The minimum absolute atomic E-state index is 0.0580. The second-order valence-corrected chi connectivity index (χ2v) is 4.58. The average Bonchev–Trinajstić information content (AvgIpc) is 2.78. The zero-order valence-electron chi connectivity index (χ0n) is 9.49. The number of nitrogens with zero attached hydrogens (tertiary/aromatic N) is 1. The van der Waals surface area contributed by atoms with Crippen molar-refractivity contribution in [1.29, 1.82) is 0 Å². The van der Waals surface area contributed by atoms with Crippen molar-refractivity contribution in [3.63, 3.8) is 0 Å². The standard InChI is InChI=1S/C12H17N/c1-12(2,3)13-9-11(13)10-7-5-4-6-8-10/h4-8,11H,9H2,1-3H3/t11-,13?/m1/s1/i9D/t9-,11-,13?. The fourth-order valence-corrected chi connectivity index (χ4v) is 1.65. The summed E-state index contributed by atoms with van der Waals surface area (Å²) in [4.78, 5) is 2.22. The monoisotopic (exact) mass is 176 g/mol. The van der Waals surface area contributed by atoms with Gasteiger partial charge in [0.25, 0.3) is 0 Å². The van der Waals surface area contributed by atoms with Gasteiger partial charge in [0.05, 0.1) is 0 Å². The first-order valence-corrected chi connectivity index (χ1v) is 4.77. The van der Waals surface area contributed by atoms with Gasteiger partial charge >= 0.3 is 0 Å². The van der Waals surface area contributed by atoms with Gasteiger partial charge < -0.3 is 0 Å². The molecule has 13 heavy (non-hydrogen) atoms. The van der Waals surface area contributed by atoms with E-state index in [-0.39, 0.29) is 12.1 Å². The Bertz CT molecular complexity index is 315. The topological polar surface area (TPSA) is 3.01 Å². The normalized spacial score (nSPS) is 34.1. The highest BCUT2D eigenvalue weighted by atomic mass is 15.3. The fourth-order valence-electron chi connectivity index (χ4n) is 1.65. The average molecular weight is 176 g/mol. The summed E-state index contributed by atoms with van der Waals surface area (Å²) in [5.41, 5.74) is 1.37. The first-order chi connectivity index (χ1) is 6.52. The zero-order chi connectivity index (χ0) is 10.3. The van der Waals surface area contributed by atoms with Crippen LogP contribution in [0.2, 0.25) is 0 Å². The van der Waals surface area contributed by atoms with Gasteiger partial charge in [0.1, 0.15) is 0 Å². The highest BCUT2D eigenvalue weighted by Gasteiger charge is 2.42. The molecule has 1 aromatic carbocycles. The van der Waals surface area contributed by atoms with Crippen LogP contribution in [0.1, 0.15) is 33.7 Å². The van der Waals surface area contributed by atoms with Crippen LogP contribution >= 0.6 is 0 Å². The molecule has 1 saturated heterocycles. The van der Waals surface area contributed by atoms with Crippen molar-refractivity contribution in [1.82, 2.24) is 4.90 Å². The largest absolute Gasteiger partial charge is 0.288 e. The van der Waals surface area contributed by atoms with Crippen molar-refractivity contribution in [2.45, 2.75) is 32.4 Å². The van der Waals surface area contributed by atoms with Crippen LogP contribution in [0.4, 0.5) is 0 Å². The third-order valence-corrected chi connectivity index (χ3v) is 2.43. The summed E-state index contributed by atoms with van der Waals surface area (Å²) < 4.78 is 7.93. The summed E-state index contributed by atoms with van der Waals surface area (Å²) in [6.45, 7) is 6.43. The number of hydrogen-bond donors (Lipinski definition) is 0. The maximum absolute atomic E-state index is 7.93. The second kappa shape index (κ2) is 2.85. The Hall–Kier alpha value is -0.820. The highest BCUT2D eigenvalue weighted by molar-refractivity contribution is 5.24. The van der Waals surface area contributed by atoms with Crippen LogP contribution in [0, 0.1) is 0 Å². The van der Waals surface area contributed by atoms with Gasteiger partial charge in [0.2, 0.25) is 0 Å². The Balaban J connectivity index is 2.18. The van der Waals surface area contributed by atoms with Gasteiger partial charge in [-0.15, -0.1) is 0 Å². The summed E-state index contributed by atoms with van der Waals surface area (Å²) in [7, 11) is 0. The SMILES string of the molecule is [2H][C@@H]1[C@H](c2ccccc2)N1C(C)(C)C. The molecule has 0 aliphatic carbocycles. The molecular weight excluding hydrogens is 158 g/mol. The number of hydrogen-bond acceptors (Lipinski definition) is 1. The molecule has 3 atom stereocenters. The van der Waals surface area contributed by atoms with E-state index in [0.717, 1.165) is 0 Å². The minimum atomic E-state index is -0.0580. The molecule has 1 heteroatoms. The highest BCUT2D eigenvalue weighted by Crippen LogP contribution is 2.40. The van der Waals surface area contributed by atoms with E-state index >= 15 is 0 Å². The van der Waals surface area contributed by atoms with Gasteiger partial charge in [-0.2, -0.15) is 0 Å². The van der Waals surface area contributed by atoms with E-state index < -0.39 is 0 Å². The van der Waals surface area contributed by atoms with E-state index in [1.807, 2.05) is 18.2 Å². The fraction of sp³-hybridized carbons (Fsp3) is 0.500. The third-order valence-electron chi connectivity index (χ3n) is 2.43. The predicted octanol–water partition coefficient (Wildman–Crippen LogP) is 2.84. The molecule has 2 rings (SSSR count). The maximum Gasteiger partial charge on any atom is 0.0481 e. The molecular formula is C12H17N. The molecule has 0 N–H and O–H groups in total. The molecule has 1 aromatic rings. The smallest absolute Gasteiger partial charge is 0.0481 e. The lowest BCUT2D eigenvalue weighted by atomic mass is 10.1. The second-order valence-electron chi connectivity index (χ2n) is 4.58. The first kappa shape index (κ1) is 7.57. The lowest BCUT2D eigenvalue weighted by Crippen LogP contribution is -2.25. The molecule has 0 spiro atoms. The van der Waals surface area contributed by atoms with Crippen LogP contribution in [0.3, 0.4) is 0 Å². The van der Waals surface area contributed by atoms with Crippen molar-refractivity contribution in [2.75, 3.05) is 6.52 Å². The summed E-state index contributed by atoms with van der Waals surface area (Å²) in [6.07, 6.45) is 0.